The third kappa shape index (κ3) is 6.13. The zero-order valence-electron chi connectivity index (χ0n) is 24.6. The number of para-hydroxylation sites is 1. The number of aliphatic hydroxyl groups excluding tert-OH is 1. The summed E-state index contributed by atoms with van der Waals surface area (Å²) in [6, 6.07) is 16.9. The van der Waals surface area contributed by atoms with Crippen molar-refractivity contribution >= 4 is 20.2 Å². The van der Waals surface area contributed by atoms with E-state index in [9.17, 15) is 9.90 Å². The fraction of sp³-hybridized carbons (Fsp3) is 0.484. The smallest absolute Gasteiger partial charge is 0.320 e. The standard InChI is InChI=1S/C31H44N4O3Si/c1-21-25(18-19-38-39(7,8)30(2,3)4)34-35(22-14-10-9-11-15-22)28(21)33-29(37)32-27-23-16-12-13-17-24(23)31(5,6)20-26(27)36/h9-17,26-27,36H,18-20H2,1-8H3,(H2,32,33,37)/t26-,27-/m1/s1. The van der Waals surface area contributed by atoms with Crippen LogP contribution < -0.4 is 10.6 Å². The topological polar surface area (TPSA) is 88.4 Å². The number of benzene rings is 2. The second-order valence-electron chi connectivity index (χ2n) is 12.8. The van der Waals surface area contributed by atoms with Gasteiger partial charge in [0.1, 0.15) is 5.82 Å². The van der Waals surface area contributed by atoms with Crippen molar-refractivity contribution in [3.05, 3.63) is 77.0 Å². The molecule has 0 aliphatic heterocycles. The number of fused-ring (bicyclic) bond motifs is 1. The summed E-state index contributed by atoms with van der Waals surface area (Å²) < 4.78 is 8.20. The first kappa shape index (κ1) is 29.0. The van der Waals surface area contributed by atoms with E-state index in [1.54, 1.807) is 4.68 Å². The average Bonchev–Trinajstić information content (AvgIpc) is 3.16. The van der Waals surface area contributed by atoms with Crippen LogP contribution in [0.2, 0.25) is 18.1 Å². The van der Waals surface area contributed by atoms with Gasteiger partial charge in [0, 0.05) is 18.6 Å². The van der Waals surface area contributed by atoms with Crippen molar-refractivity contribution in [3.8, 4) is 5.69 Å². The largest absolute Gasteiger partial charge is 0.416 e. The lowest BCUT2D eigenvalue weighted by molar-refractivity contribution is 0.0883. The van der Waals surface area contributed by atoms with Crippen LogP contribution in [-0.4, -0.2) is 41.9 Å². The lowest BCUT2D eigenvalue weighted by Crippen LogP contribution is -2.45. The minimum atomic E-state index is -1.88. The number of amides is 2. The highest BCUT2D eigenvalue weighted by Gasteiger charge is 2.39. The molecule has 0 fully saturated rings. The van der Waals surface area contributed by atoms with E-state index in [0.29, 0.717) is 25.3 Å². The Bertz CT molecular complexity index is 1310. The molecule has 2 aromatic carbocycles. The maximum absolute atomic E-state index is 13.4. The molecule has 1 aliphatic carbocycles. The Labute approximate surface area is 234 Å². The number of aromatic nitrogens is 2. The van der Waals surface area contributed by atoms with Crippen LogP contribution >= 0.6 is 0 Å². The molecule has 7 nitrogen and oxygen atoms in total. The number of carbonyl (C=O) groups is 1. The normalized spacial score (nSPS) is 18.9. The molecule has 39 heavy (non-hydrogen) atoms. The van der Waals surface area contributed by atoms with Gasteiger partial charge in [-0.25, -0.2) is 9.48 Å². The highest BCUT2D eigenvalue weighted by Crippen LogP contribution is 2.41. The first-order chi connectivity index (χ1) is 18.2. The van der Waals surface area contributed by atoms with E-state index < -0.39 is 20.5 Å². The van der Waals surface area contributed by atoms with Crippen molar-refractivity contribution in [2.24, 2.45) is 0 Å². The lowest BCUT2D eigenvalue weighted by Gasteiger charge is -2.40. The molecule has 4 rings (SSSR count). The number of hydrogen-bond donors (Lipinski definition) is 3. The molecule has 2 atom stereocenters. The number of aliphatic hydroxyl groups is 1. The molecule has 1 aliphatic rings. The Morgan fingerprint density at radius 1 is 1.13 bits per heavy atom. The van der Waals surface area contributed by atoms with Gasteiger partial charge in [-0.15, -0.1) is 0 Å². The fourth-order valence-corrected chi connectivity index (χ4v) is 6.15. The van der Waals surface area contributed by atoms with Crippen molar-refractivity contribution in [3.63, 3.8) is 0 Å². The van der Waals surface area contributed by atoms with Crippen LogP contribution in [0.3, 0.4) is 0 Å². The van der Waals surface area contributed by atoms with Crippen LogP contribution in [0.5, 0.6) is 0 Å². The van der Waals surface area contributed by atoms with Crippen molar-refractivity contribution in [2.75, 3.05) is 11.9 Å². The van der Waals surface area contributed by atoms with Crippen LogP contribution in [0.15, 0.2) is 54.6 Å². The maximum Gasteiger partial charge on any atom is 0.320 e. The Balaban J connectivity index is 1.58. The summed E-state index contributed by atoms with van der Waals surface area (Å²) in [5.41, 5.74) is 4.57. The quantitative estimate of drug-likeness (QED) is 0.289. The van der Waals surface area contributed by atoms with Crippen LogP contribution in [-0.2, 0) is 16.3 Å². The highest BCUT2D eigenvalue weighted by atomic mass is 28.4. The van der Waals surface area contributed by atoms with Gasteiger partial charge in [-0.1, -0.05) is 77.1 Å². The summed E-state index contributed by atoms with van der Waals surface area (Å²) in [7, 11) is -1.88. The minimum Gasteiger partial charge on any atom is -0.416 e. The van der Waals surface area contributed by atoms with Gasteiger partial charge in [0.25, 0.3) is 0 Å². The number of carbonyl (C=O) groups excluding carboxylic acids is 1. The van der Waals surface area contributed by atoms with E-state index in [4.69, 9.17) is 9.52 Å². The van der Waals surface area contributed by atoms with E-state index in [1.165, 1.54) is 0 Å². The molecule has 0 saturated heterocycles. The zero-order chi connectivity index (χ0) is 28.6. The number of anilines is 1. The van der Waals surface area contributed by atoms with Gasteiger partial charge >= 0.3 is 6.03 Å². The van der Waals surface area contributed by atoms with Crippen LogP contribution in [0.4, 0.5) is 10.6 Å². The second kappa shape index (κ2) is 10.9. The predicted molar refractivity (Wildman–Crippen MR) is 160 cm³/mol. The van der Waals surface area contributed by atoms with E-state index in [0.717, 1.165) is 28.1 Å². The van der Waals surface area contributed by atoms with Crippen molar-refractivity contribution in [1.29, 1.82) is 0 Å². The van der Waals surface area contributed by atoms with E-state index >= 15 is 0 Å². The average molecular weight is 549 g/mol. The van der Waals surface area contributed by atoms with Crippen molar-refractivity contribution in [2.45, 2.75) is 90.1 Å². The number of nitrogens with zero attached hydrogens (tertiary/aromatic N) is 2. The molecule has 1 aromatic heterocycles. The molecule has 1 heterocycles. The Morgan fingerprint density at radius 2 is 1.77 bits per heavy atom. The monoisotopic (exact) mass is 548 g/mol. The summed E-state index contributed by atoms with van der Waals surface area (Å²) in [6.45, 7) is 18.0. The minimum absolute atomic E-state index is 0.133. The number of urea groups is 1. The Hall–Kier alpha value is -2.94. The second-order valence-corrected chi connectivity index (χ2v) is 17.7. The van der Waals surface area contributed by atoms with Gasteiger partial charge in [-0.05, 0) is 60.2 Å². The molecule has 3 aromatic rings. The molecule has 3 N–H and O–H groups in total. The molecule has 0 unspecified atom stereocenters. The molecule has 0 bridgehead atoms. The first-order valence-electron chi connectivity index (χ1n) is 13.8. The molecular formula is C31H44N4O3Si. The van der Waals surface area contributed by atoms with Gasteiger partial charge in [-0.2, -0.15) is 5.10 Å². The summed E-state index contributed by atoms with van der Waals surface area (Å²) in [5.74, 6) is 0.611. The molecule has 2 amide bonds. The highest BCUT2D eigenvalue weighted by molar-refractivity contribution is 6.74. The van der Waals surface area contributed by atoms with Gasteiger partial charge in [0.15, 0.2) is 8.32 Å². The van der Waals surface area contributed by atoms with E-state index in [2.05, 4.69) is 64.4 Å². The summed E-state index contributed by atoms with van der Waals surface area (Å²) in [6.07, 6.45) is 0.524. The van der Waals surface area contributed by atoms with Gasteiger partial charge in [0.2, 0.25) is 0 Å². The van der Waals surface area contributed by atoms with Crippen molar-refractivity contribution in [1.82, 2.24) is 15.1 Å². The van der Waals surface area contributed by atoms with Crippen LogP contribution in [0.25, 0.3) is 5.69 Å². The molecular weight excluding hydrogens is 504 g/mol. The molecule has 0 spiro atoms. The van der Waals surface area contributed by atoms with Gasteiger partial charge in [0.05, 0.1) is 23.5 Å². The number of nitrogens with one attached hydrogen (secondary N) is 2. The van der Waals surface area contributed by atoms with Gasteiger partial charge in [-0.3, -0.25) is 5.32 Å². The fourth-order valence-electron chi connectivity index (χ4n) is 5.10. The van der Waals surface area contributed by atoms with Crippen LogP contribution in [0.1, 0.15) is 69.5 Å². The molecule has 210 valence electrons. The molecule has 0 radical (unpaired) electrons. The Kier molecular flexibility index (Phi) is 8.12. The summed E-state index contributed by atoms with van der Waals surface area (Å²) in [5, 5.41) is 22.1. The van der Waals surface area contributed by atoms with Crippen molar-refractivity contribution < 1.29 is 14.3 Å². The first-order valence-corrected chi connectivity index (χ1v) is 16.7. The van der Waals surface area contributed by atoms with E-state index in [-0.39, 0.29) is 16.5 Å². The summed E-state index contributed by atoms with van der Waals surface area (Å²) in [4.78, 5) is 13.4. The predicted octanol–water partition coefficient (Wildman–Crippen LogP) is 6.65. The van der Waals surface area contributed by atoms with Crippen LogP contribution in [0, 0.1) is 6.92 Å². The number of rotatable bonds is 7. The molecule has 0 saturated carbocycles. The third-order valence-electron chi connectivity index (χ3n) is 8.48. The third-order valence-corrected chi connectivity index (χ3v) is 13.0. The maximum atomic E-state index is 13.4. The lowest BCUT2D eigenvalue weighted by atomic mass is 9.70. The summed E-state index contributed by atoms with van der Waals surface area (Å²) >= 11 is 0. The molecule has 8 heteroatoms. The Morgan fingerprint density at radius 3 is 2.44 bits per heavy atom. The SMILES string of the molecule is Cc1c(CCO[Si](C)(C)C(C)(C)C)nn(-c2ccccc2)c1NC(=O)N[C@@H]1c2ccccc2C(C)(C)C[C@H]1O. The van der Waals surface area contributed by atoms with Gasteiger partial charge < -0.3 is 14.8 Å². The number of hydrogen-bond acceptors (Lipinski definition) is 4. The zero-order valence-corrected chi connectivity index (χ0v) is 25.6. The van der Waals surface area contributed by atoms with E-state index in [1.807, 2.05) is 55.5 Å².